The number of anilines is 1. The SMILES string of the molecule is CCOCCN(CC)C(=O)c1ccc(Cl)cc1N. The van der Waals surface area contributed by atoms with Crippen LogP contribution in [0.15, 0.2) is 18.2 Å². The van der Waals surface area contributed by atoms with E-state index in [0.29, 0.717) is 42.6 Å². The van der Waals surface area contributed by atoms with Crippen molar-refractivity contribution in [1.82, 2.24) is 4.90 Å². The molecule has 18 heavy (non-hydrogen) atoms. The molecule has 0 aromatic heterocycles. The van der Waals surface area contributed by atoms with E-state index in [2.05, 4.69) is 0 Å². The fourth-order valence-electron chi connectivity index (χ4n) is 1.62. The van der Waals surface area contributed by atoms with Gasteiger partial charge in [-0.25, -0.2) is 0 Å². The van der Waals surface area contributed by atoms with Gasteiger partial charge in [0.2, 0.25) is 0 Å². The Bertz CT molecular complexity index is 410. The van der Waals surface area contributed by atoms with Gasteiger partial charge >= 0.3 is 0 Å². The topological polar surface area (TPSA) is 55.6 Å². The van der Waals surface area contributed by atoms with Crippen molar-refractivity contribution in [2.24, 2.45) is 0 Å². The van der Waals surface area contributed by atoms with Crippen molar-refractivity contribution in [2.45, 2.75) is 13.8 Å². The summed E-state index contributed by atoms with van der Waals surface area (Å²) in [5, 5.41) is 0.529. The maximum absolute atomic E-state index is 12.2. The molecule has 0 aliphatic heterocycles. The molecule has 2 N–H and O–H groups in total. The molecule has 0 spiro atoms. The highest BCUT2D eigenvalue weighted by Crippen LogP contribution is 2.19. The van der Waals surface area contributed by atoms with Crippen molar-refractivity contribution in [3.63, 3.8) is 0 Å². The monoisotopic (exact) mass is 270 g/mol. The van der Waals surface area contributed by atoms with Crippen LogP contribution in [0.2, 0.25) is 5.02 Å². The molecule has 0 unspecified atom stereocenters. The average molecular weight is 271 g/mol. The first-order valence-electron chi connectivity index (χ1n) is 6.02. The number of hydrogen-bond acceptors (Lipinski definition) is 3. The van der Waals surface area contributed by atoms with Crippen molar-refractivity contribution in [3.05, 3.63) is 28.8 Å². The smallest absolute Gasteiger partial charge is 0.256 e. The highest BCUT2D eigenvalue weighted by atomic mass is 35.5. The number of ether oxygens (including phenoxy) is 1. The van der Waals surface area contributed by atoms with Gasteiger partial charge in [-0.15, -0.1) is 0 Å². The van der Waals surface area contributed by atoms with Gasteiger partial charge in [0.1, 0.15) is 0 Å². The molecule has 0 bridgehead atoms. The van der Waals surface area contributed by atoms with Crippen LogP contribution >= 0.6 is 11.6 Å². The van der Waals surface area contributed by atoms with E-state index < -0.39 is 0 Å². The van der Waals surface area contributed by atoms with Crippen LogP contribution in [-0.4, -0.2) is 37.1 Å². The van der Waals surface area contributed by atoms with Crippen LogP contribution in [0.5, 0.6) is 0 Å². The van der Waals surface area contributed by atoms with Crippen LogP contribution in [0, 0.1) is 0 Å². The van der Waals surface area contributed by atoms with Crippen molar-refractivity contribution >= 4 is 23.2 Å². The van der Waals surface area contributed by atoms with Crippen LogP contribution in [0.1, 0.15) is 24.2 Å². The standard InChI is InChI=1S/C13H19ClN2O2/c1-3-16(7-8-18-4-2)13(17)11-6-5-10(14)9-12(11)15/h5-6,9H,3-4,7-8,15H2,1-2H3. The Hall–Kier alpha value is -1.26. The Labute approximate surface area is 113 Å². The third-order valence-electron chi connectivity index (χ3n) is 2.62. The predicted molar refractivity (Wildman–Crippen MR) is 73.9 cm³/mol. The van der Waals surface area contributed by atoms with Crippen LogP contribution in [0.4, 0.5) is 5.69 Å². The second kappa shape index (κ2) is 7.24. The number of hydrogen-bond donors (Lipinski definition) is 1. The third kappa shape index (κ3) is 3.89. The normalized spacial score (nSPS) is 10.4. The molecule has 0 atom stereocenters. The van der Waals surface area contributed by atoms with Crippen LogP contribution in [-0.2, 0) is 4.74 Å². The van der Waals surface area contributed by atoms with Gasteiger partial charge in [-0.1, -0.05) is 11.6 Å². The molecule has 5 heteroatoms. The molecule has 0 heterocycles. The number of amides is 1. The molecular formula is C13H19ClN2O2. The number of rotatable bonds is 6. The summed E-state index contributed by atoms with van der Waals surface area (Å²) in [7, 11) is 0. The van der Waals surface area contributed by atoms with Gasteiger partial charge in [-0.2, -0.15) is 0 Å². The Morgan fingerprint density at radius 1 is 1.44 bits per heavy atom. The summed E-state index contributed by atoms with van der Waals surface area (Å²) in [4.78, 5) is 14.0. The van der Waals surface area contributed by atoms with E-state index in [0.717, 1.165) is 0 Å². The quantitative estimate of drug-likeness (QED) is 0.638. The van der Waals surface area contributed by atoms with Gasteiger partial charge in [0.15, 0.2) is 0 Å². The van der Waals surface area contributed by atoms with E-state index in [1.165, 1.54) is 0 Å². The fourth-order valence-corrected chi connectivity index (χ4v) is 1.80. The van der Waals surface area contributed by atoms with Crippen LogP contribution < -0.4 is 5.73 Å². The molecule has 0 saturated carbocycles. The largest absolute Gasteiger partial charge is 0.398 e. The number of likely N-dealkylation sites (N-methyl/N-ethyl adjacent to an activating group) is 1. The molecule has 1 rings (SSSR count). The molecule has 1 aromatic rings. The zero-order valence-corrected chi connectivity index (χ0v) is 11.5. The van der Waals surface area contributed by atoms with Crippen LogP contribution in [0.25, 0.3) is 0 Å². The summed E-state index contributed by atoms with van der Waals surface area (Å²) < 4.78 is 5.25. The summed E-state index contributed by atoms with van der Waals surface area (Å²) in [6.45, 7) is 6.21. The van der Waals surface area contributed by atoms with E-state index in [1.807, 2.05) is 13.8 Å². The van der Waals surface area contributed by atoms with Crippen molar-refractivity contribution in [2.75, 3.05) is 32.0 Å². The molecule has 1 amide bonds. The summed E-state index contributed by atoms with van der Waals surface area (Å²) in [5.74, 6) is -0.0913. The maximum atomic E-state index is 12.2. The number of carbonyl (C=O) groups is 1. The minimum atomic E-state index is -0.0913. The number of benzene rings is 1. The summed E-state index contributed by atoms with van der Waals surface area (Å²) >= 11 is 5.81. The molecule has 1 aromatic carbocycles. The summed E-state index contributed by atoms with van der Waals surface area (Å²) in [6.07, 6.45) is 0. The fraction of sp³-hybridized carbons (Fsp3) is 0.462. The molecule has 4 nitrogen and oxygen atoms in total. The van der Waals surface area contributed by atoms with Crippen molar-refractivity contribution in [3.8, 4) is 0 Å². The van der Waals surface area contributed by atoms with Gasteiger partial charge < -0.3 is 15.4 Å². The van der Waals surface area contributed by atoms with Gasteiger partial charge in [0, 0.05) is 30.4 Å². The van der Waals surface area contributed by atoms with Crippen molar-refractivity contribution < 1.29 is 9.53 Å². The predicted octanol–water partition coefficient (Wildman–Crippen LogP) is 2.42. The Balaban J connectivity index is 2.76. The van der Waals surface area contributed by atoms with E-state index in [9.17, 15) is 4.79 Å². The Morgan fingerprint density at radius 3 is 2.72 bits per heavy atom. The minimum absolute atomic E-state index is 0.0913. The van der Waals surface area contributed by atoms with Crippen molar-refractivity contribution in [1.29, 1.82) is 0 Å². The first-order chi connectivity index (χ1) is 8.60. The van der Waals surface area contributed by atoms with E-state index in [1.54, 1.807) is 23.1 Å². The molecule has 0 saturated heterocycles. The van der Waals surface area contributed by atoms with Gasteiger partial charge in [-0.05, 0) is 32.0 Å². The second-order valence-corrected chi connectivity index (χ2v) is 4.25. The van der Waals surface area contributed by atoms with Gasteiger partial charge in [-0.3, -0.25) is 4.79 Å². The van der Waals surface area contributed by atoms with Crippen LogP contribution in [0.3, 0.4) is 0 Å². The lowest BCUT2D eigenvalue weighted by atomic mass is 10.1. The van der Waals surface area contributed by atoms with E-state index in [-0.39, 0.29) is 5.91 Å². The van der Waals surface area contributed by atoms with Gasteiger partial charge in [0.05, 0.1) is 12.2 Å². The summed E-state index contributed by atoms with van der Waals surface area (Å²) in [5.41, 5.74) is 6.70. The van der Waals surface area contributed by atoms with E-state index in [4.69, 9.17) is 22.1 Å². The second-order valence-electron chi connectivity index (χ2n) is 3.81. The third-order valence-corrected chi connectivity index (χ3v) is 2.86. The average Bonchev–Trinajstić information content (AvgIpc) is 2.34. The number of nitrogens with two attached hydrogens (primary N) is 1. The maximum Gasteiger partial charge on any atom is 0.256 e. The highest BCUT2D eigenvalue weighted by Gasteiger charge is 2.16. The highest BCUT2D eigenvalue weighted by molar-refractivity contribution is 6.31. The molecule has 0 aliphatic rings. The Kier molecular flexibility index (Phi) is 5.95. The molecular weight excluding hydrogens is 252 g/mol. The zero-order chi connectivity index (χ0) is 13.5. The lowest BCUT2D eigenvalue weighted by molar-refractivity contribution is 0.0670. The van der Waals surface area contributed by atoms with E-state index >= 15 is 0 Å². The first kappa shape index (κ1) is 14.8. The Morgan fingerprint density at radius 2 is 2.17 bits per heavy atom. The molecule has 0 radical (unpaired) electrons. The number of nitrogens with zero attached hydrogens (tertiary/aromatic N) is 1. The summed E-state index contributed by atoms with van der Waals surface area (Å²) in [6, 6.07) is 4.91. The first-order valence-corrected chi connectivity index (χ1v) is 6.40. The zero-order valence-electron chi connectivity index (χ0n) is 10.8. The minimum Gasteiger partial charge on any atom is -0.398 e. The molecule has 0 fully saturated rings. The molecule has 100 valence electrons. The van der Waals surface area contributed by atoms with Gasteiger partial charge in [0.25, 0.3) is 5.91 Å². The number of carbonyl (C=O) groups excluding carboxylic acids is 1. The lowest BCUT2D eigenvalue weighted by Gasteiger charge is -2.21. The number of halogens is 1. The molecule has 0 aliphatic carbocycles. The number of nitrogen functional groups attached to an aromatic ring is 1. The lowest BCUT2D eigenvalue weighted by Crippen LogP contribution is -2.34.